The largest absolute Gasteiger partial charge is 0.316 e. The molecule has 0 heterocycles. The van der Waals surface area contributed by atoms with Crippen LogP contribution in [0.2, 0.25) is 0 Å². The smallest absolute Gasteiger partial charge is 0.132 e. The molecule has 0 amide bonds. The summed E-state index contributed by atoms with van der Waals surface area (Å²) in [4.78, 5) is 0. The van der Waals surface area contributed by atoms with Gasteiger partial charge in [-0.15, -0.1) is 0 Å². The van der Waals surface area contributed by atoms with Crippen molar-refractivity contribution in [2.45, 2.75) is 33.6 Å². The monoisotopic (exact) mass is 241 g/mol. The molecule has 1 unspecified atom stereocenters. The van der Waals surface area contributed by atoms with Crippen LogP contribution < -0.4 is 5.32 Å². The van der Waals surface area contributed by atoms with Crippen molar-refractivity contribution in [3.8, 4) is 0 Å². The molecule has 1 atom stereocenters. The van der Waals surface area contributed by atoms with Crippen LogP contribution in [0.15, 0.2) is 12.1 Å². The van der Waals surface area contributed by atoms with E-state index in [0.717, 1.165) is 19.5 Å². The molecule has 0 spiro atoms. The molecule has 1 aromatic rings. The highest BCUT2D eigenvalue weighted by atomic mass is 19.1. The SMILES string of the molecule is CCCNCC(C)Cc1c(F)ccc(C)c1F. The molecule has 1 rings (SSSR count). The van der Waals surface area contributed by atoms with Crippen LogP contribution in [0.5, 0.6) is 0 Å². The molecular formula is C14H21F2N. The van der Waals surface area contributed by atoms with Crippen LogP contribution in [0.25, 0.3) is 0 Å². The van der Waals surface area contributed by atoms with E-state index in [-0.39, 0.29) is 11.5 Å². The summed E-state index contributed by atoms with van der Waals surface area (Å²) < 4.78 is 27.3. The van der Waals surface area contributed by atoms with E-state index in [9.17, 15) is 8.78 Å². The fourth-order valence-electron chi connectivity index (χ4n) is 1.85. The van der Waals surface area contributed by atoms with Crippen LogP contribution in [-0.4, -0.2) is 13.1 Å². The first kappa shape index (κ1) is 14.1. The van der Waals surface area contributed by atoms with Crippen molar-refractivity contribution in [1.82, 2.24) is 5.32 Å². The summed E-state index contributed by atoms with van der Waals surface area (Å²) in [6.07, 6.45) is 1.51. The van der Waals surface area contributed by atoms with Gasteiger partial charge in [0.25, 0.3) is 0 Å². The Morgan fingerprint density at radius 3 is 2.65 bits per heavy atom. The van der Waals surface area contributed by atoms with E-state index >= 15 is 0 Å². The summed E-state index contributed by atoms with van der Waals surface area (Å²) in [5.74, 6) is -0.602. The number of aryl methyl sites for hydroxylation is 1. The molecule has 96 valence electrons. The zero-order chi connectivity index (χ0) is 12.8. The molecule has 0 saturated heterocycles. The highest BCUT2D eigenvalue weighted by molar-refractivity contribution is 5.26. The van der Waals surface area contributed by atoms with E-state index in [4.69, 9.17) is 0 Å². The Labute approximate surface area is 102 Å². The zero-order valence-corrected chi connectivity index (χ0v) is 10.8. The highest BCUT2D eigenvalue weighted by Gasteiger charge is 2.14. The quantitative estimate of drug-likeness (QED) is 0.752. The standard InChI is InChI=1S/C14H21F2N/c1-4-7-17-9-10(2)8-12-13(15)6-5-11(3)14(12)16/h5-6,10,17H,4,7-9H2,1-3H3. The molecule has 3 heteroatoms. The summed E-state index contributed by atoms with van der Waals surface area (Å²) >= 11 is 0. The lowest BCUT2D eigenvalue weighted by Gasteiger charge is -2.14. The Balaban J connectivity index is 2.64. The number of halogens is 2. The van der Waals surface area contributed by atoms with Crippen LogP contribution in [0, 0.1) is 24.5 Å². The third-order valence-electron chi connectivity index (χ3n) is 2.85. The van der Waals surface area contributed by atoms with Crippen molar-refractivity contribution in [2.24, 2.45) is 5.92 Å². The molecule has 0 fully saturated rings. The first-order valence-electron chi connectivity index (χ1n) is 6.20. The highest BCUT2D eigenvalue weighted by Crippen LogP contribution is 2.19. The van der Waals surface area contributed by atoms with Crippen molar-refractivity contribution in [2.75, 3.05) is 13.1 Å². The maximum atomic E-state index is 13.8. The van der Waals surface area contributed by atoms with Crippen LogP contribution in [0.3, 0.4) is 0 Å². The normalized spacial score (nSPS) is 12.8. The summed E-state index contributed by atoms with van der Waals surface area (Å²) in [7, 11) is 0. The Bertz CT molecular complexity index is 363. The van der Waals surface area contributed by atoms with E-state index in [1.165, 1.54) is 12.1 Å². The van der Waals surface area contributed by atoms with E-state index < -0.39 is 11.6 Å². The second-order valence-corrected chi connectivity index (χ2v) is 4.67. The summed E-state index contributed by atoms with van der Waals surface area (Å²) in [6.45, 7) is 7.50. The molecule has 17 heavy (non-hydrogen) atoms. The minimum Gasteiger partial charge on any atom is -0.316 e. The Hall–Kier alpha value is -0.960. The van der Waals surface area contributed by atoms with Gasteiger partial charge in [-0.2, -0.15) is 0 Å². The molecule has 0 aromatic heterocycles. The molecule has 1 N–H and O–H groups in total. The minimum absolute atomic E-state index is 0.218. The minimum atomic E-state index is -0.435. The average Bonchev–Trinajstić information content (AvgIpc) is 2.30. The van der Waals surface area contributed by atoms with E-state index in [0.29, 0.717) is 12.0 Å². The molecule has 1 aromatic carbocycles. The number of rotatable bonds is 6. The van der Waals surface area contributed by atoms with Gasteiger partial charge in [0.1, 0.15) is 11.6 Å². The second-order valence-electron chi connectivity index (χ2n) is 4.67. The van der Waals surface area contributed by atoms with Gasteiger partial charge in [-0.05, 0) is 50.4 Å². The lowest BCUT2D eigenvalue weighted by atomic mass is 9.98. The topological polar surface area (TPSA) is 12.0 Å². The Morgan fingerprint density at radius 1 is 1.29 bits per heavy atom. The van der Waals surface area contributed by atoms with Gasteiger partial charge in [-0.1, -0.05) is 19.9 Å². The molecule has 0 aliphatic heterocycles. The van der Waals surface area contributed by atoms with Crippen molar-refractivity contribution in [3.05, 3.63) is 34.9 Å². The number of hydrogen-bond donors (Lipinski definition) is 1. The molecule has 1 nitrogen and oxygen atoms in total. The predicted molar refractivity (Wildman–Crippen MR) is 67.1 cm³/mol. The van der Waals surface area contributed by atoms with Crippen LogP contribution in [0.1, 0.15) is 31.4 Å². The van der Waals surface area contributed by atoms with Gasteiger partial charge in [0.2, 0.25) is 0 Å². The van der Waals surface area contributed by atoms with Gasteiger partial charge in [-0.25, -0.2) is 8.78 Å². The van der Waals surface area contributed by atoms with E-state index in [1.807, 2.05) is 6.92 Å². The van der Waals surface area contributed by atoms with E-state index in [1.54, 1.807) is 6.92 Å². The number of hydrogen-bond acceptors (Lipinski definition) is 1. The van der Waals surface area contributed by atoms with Gasteiger partial charge < -0.3 is 5.32 Å². The zero-order valence-electron chi connectivity index (χ0n) is 10.8. The summed E-state index contributed by atoms with van der Waals surface area (Å²) in [5, 5.41) is 3.26. The molecule has 0 aliphatic rings. The fraction of sp³-hybridized carbons (Fsp3) is 0.571. The van der Waals surface area contributed by atoms with Crippen LogP contribution in [0.4, 0.5) is 8.78 Å². The summed E-state index contributed by atoms with van der Waals surface area (Å²) in [6, 6.07) is 2.83. The second kappa shape index (κ2) is 6.70. The fourth-order valence-corrected chi connectivity index (χ4v) is 1.85. The van der Waals surface area contributed by atoms with Crippen LogP contribution >= 0.6 is 0 Å². The van der Waals surface area contributed by atoms with Gasteiger partial charge in [0.05, 0.1) is 0 Å². The van der Waals surface area contributed by atoms with E-state index in [2.05, 4.69) is 12.2 Å². The summed E-state index contributed by atoms with van der Waals surface area (Å²) in [5.41, 5.74) is 0.728. The predicted octanol–water partition coefficient (Wildman–Crippen LogP) is 3.45. The maximum absolute atomic E-state index is 13.8. The van der Waals surface area contributed by atoms with Crippen molar-refractivity contribution in [3.63, 3.8) is 0 Å². The molecule has 0 saturated carbocycles. The van der Waals surface area contributed by atoms with Gasteiger partial charge in [-0.3, -0.25) is 0 Å². The Morgan fingerprint density at radius 2 is 2.00 bits per heavy atom. The number of benzene rings is 1. The third kappa shape index (κ3) is 4.08. The molecule has 0 radical (unpaired) electrons. The molecule has 0 aliphatic carbocycles. The van der Waals surface area contributed by atoms with Gasteiger partial charge >= 0.3 is 0 Å². The van der Waals surface area contributed by atoms with Crippen molar-refractivity contribution >= 4 is 0 Å². The van der Waals surface area contributed by atoms with Crippen molar-refractivity contribution in [1.29, 1.82) is 0 Å². The molecular weight excluding hydrogens is 220 g/mol. The first-order chi connectivity index (χ1) is 8.06. The van der Waals surface area contributed by atoms with Crippen LogP contribution in [-0.2, 0) is 6.42 Å². The number of nitrogens with one attached hydrogen (secondary N) is 1. The third-order valence-corrected chi connectivity index (χ3v) is 2.85. The average molecular weight is 241 g/mol. The Kier molecular flexibility index (Phi) is 5.56. The van der Waals surface area contributed by atoms with Gasteiger partial charge in [0, 0.05) is 5.56 Å². The lowest BCUT2D eigenvalue weighted by molar-refractivity contribution is 0.475. The maximum Gasteiger partial charge on any atom is 0.132 e. The van der Waals surface area contributed by atoms with Gasteiger partial charge in [0.15, 0.2) is 0 Å². The molecule has 0 bridgehead atoms. The lowest BCUT2D eigenvalue weighted by Crippen LogP contribution is -2.23. The first-order valence-corrected chi connectivity index (χ1v) is 6.20. The van der Waals surface area contributed by atoms with Crippen molar-refractivity contribution < 1.29 is 8.78 Å².